The summed E-state index contributed by atoms with van der Waals surface area (Å²) in [6, 6.07) is 64.6. The first-order valence-electron chi connectivity index (χ1n) is 22.4. The Bertz CT molecular complexity index is 3460. The smallest absolute Gasteiger partial charge is 0.121 e. The van der Waals surface area contributed by atoms with Crippen molar-refractivity contribution in [1.82, 2.24) is 14.5 Å². The molecule has 0 saturated carbocycles. The van der Waals surface area contributed by atoms with Gasteiger partial charge in [0.05, 0.1) is 30.5 Å². The minimum absolute atomic E-state index is 0. The van der Waals surface area contributed by atoms with Crippen LogP contribution in [0.1, 0.15) is 50.7 Å². The van der Waals surface area contributed by atoms with Crippen LogP contribution in [0.15, 0.2) is 174 Å². The van der Waals surface area contributed by atoms with Crippen LogP contribution in [-0.4, -0.2) is 22.6 Å². The number of hydrogen-bond acceptors (Lipinski definition) is 3. The van der Waals surface area contributed by atoms with Crippen molar-refractivity contribution in [3.8, 4) is 39.5 Å². The van der Waals surface area contributed by atoms with Gasteiger partial charge >= 0.3 is 0 Å². The third kappa shape index (κ3) is 8.27. The molecule has 4 nitrogen and oxygen atoms in total. The van der Waals surface area contributed by atoms with Gasteiger partial charge in [0.1, 0.15) is 5.58 Å². The average Bonchev–Trinajstić information content (AvgIpc) is 3.89. The second-order valence-electron chi connectivity index (χ2n) is 18.4. The van der Waals surface area contributed by atoms with Gasteiger partial charge in [-0.15, -0.1) is 54.1 Å². The summed E-state index contributed by atoms with van der Waals surface area (Å²) in [7, 11) is -1.25. The molecule has 0 saturated heterocycles. The Kier molecular flexibility index (Phi) is 12.0. The quantitative estimate of drug-likeness (QED) is 0.0908. The van der Waals surface area contributed by atoms with E-state index < -0.39 is 8.07 Å². The second-order valence-corrected chi connectivity index (χ2v) is 23.5. The first-order chi connectivity index (χ1) is 31.0. The van der Waals surface area contributed by atoms with E-state index in [4.69, 9.17) is 9.40 Å². The Hall–Kier alpha value is -6.43. The van der Waals surface area contributed by atoms with Crippen molar-refractivity contribution in [1.29, 1.82) is 0 Å². The van der Waals surface area contributed by atoms with Crippen molar-refractivity contribution in [3.05, 3.63) is 193 Å². The molecule has 11 aromatic rings. The van der Waals surface area contributed by atoms with Gasteiger partial charge < -0.3 is 14.0 Å². The molecule has 0 aliphatic rings. The van der Waals surface area contributed by atoms with Crippen LogP contribution in [0, 0.1) is 12.1 Å². The fourth-order valence-electron chi connectivity index (χ4n) is 9.04. The molecule has 323 valence electrons. The average molecular weight is 1040 g/mol. The van der Waals surface area contributed by atoms with Gasteiger partial charge in [0, 0.05) is 37.4 Å². The van der Waals surface area contributed by atoms with Crippen molar-refractivity contribution in [2.45, 2.75) is 59.2 Å². The zero-order valence-electron chi connectivity index (χ0n) is 37.9. The zero-order chi connectivity index (χ0) is 44.1. The first-order valence-corrected chi connectivity index (χ1v) is 25.9. The summed E-state index contributed by atoms with van der Waals surface area (Å²) >= 11 is 0. The monoisotopic (exact) mass is 1040 g/mol. The van der Waals surface area contributed by atoms with E-state index >= 15 is 0 Å². The molecular formula is C59H51IrN3OSi-2. The van der Waals surface area contributed by atoms with Crippen LogP contribution in [-0.2, 0) is 20.1 Å². The van der Waals surface area contributed by atoms with E-state index in [1.54, 1.807) is 0 Å². The number of para-hydroxylation sites is 2. The summed E-state index contributed by atoms with van der Waals surface area (Å²) in [5.41, 5.74) is 12.9. The summed E-state index contributed by atoms with van der Waals surface area (Å²) in [4.78, 5) is 9.74. The molecular weight excluding hydrogens is 987 g/mol. The van der Waals surface area contributed by atoms with E-state index in [0.717, 1.165) is 55.6 Å². The number of fused-ring (bicyclic) bond motifs is 7. The molecule has 0 aliphatic carbocycles. The van der Waals surface area contributed by atoms with E-state index in [1.807, 2.05) is 30.5 Å². The van der Waals surface area contributed by atoms with Crippen molar-refractivity contribution < 1.29 is 24.5 Å². The number of nitrogens with zero attached hydrogens (tertiary/aromatic N) is 3. The van der Waals surface area contributed by atoms with E-state index in [-0.39, 0.29) is 31.9 Å². The Morgan fingerprint density at radius 2 is 1.29 bits per heavy atom. The van der Waals surface area contributed by atoms with E-state index in [1.165, 1.54) is 54.7 Å². The predicted molar refractivity (Wildman–Crippen MR) is 273 cm³/mol. The minimum atomic E-state index is -1.25. The summed E-state index contributed by atoms with van der Waals surface area (Å²) in [5.74, 6) is 1.40. The molecule has 0 aliphatic heterocycles. The molecule has 3 aromatic heterocycles. The predicted octanol–water partition coefficient (Wildman–Crippen LogP) is 15.7. The van der Waals surface area contributed by atoms with Crippen molar-refractivity contribution >= 4 is 67.8 Å². The van der Waals surface area contributed by atoms with Gasteiger partial charge in [-0.1, -0.05) is 148 Å². The van der Waals surface area contributed by atoms with Gasteiger partial charge in [-0.3, -0.25) is 4.98 Å². The molecule has 3 heterocycles. The summed E-state index contributed by atoms with van der Waals surface area (Å²) in [6.45, 7) is 16.2. The van der Waals surface area contributed by atoms with Crippen LogP contribution in [0.2, 0.25) is 19.6 Å². The third-order valence-corrected chi connectivity index (χ3v) is 14.5. The molecule has 0 fully saturated rings. The van der Waals surface area contributed by atoms with Crippen molar-refractivity contribution in [2.75, 3.05) is 0 Å². The van der Waals surface area contributed by atoms with Crippen LogP contribution in [0.4, 0.5) is 0 Å². The van der Waals surface area contributed by atoms with Crippen molar-refractivity contribution in [3.63, 3.8) is 0 Å². The fraction of sp³-hybridized carbons (Fsp3) is 0.153. The van der Waals surface area contributed by atoms with Crippen LogP contribution in [0.3, 0.4) is 0 Å². The number of furan rings is 1. The molecule has 0 atom stereocenters. The normalized spacial score (nSPS) is 11.8. The van der Waals surface area contributed by atoms with Crippen LogP contribution in [0.25, 0.3) is 94.0 Å². The first kappa shape index (κ1) is 43.8. The Labute approximate surface area is 396 Å². The molecule has 11 rings (SSSR count). The Balaban J connectivity index is 0.000000266. The Morgan fingerprint density at radius 3 is 2.03 bits per heavy atom. The molecule has 1 radical (unpaired) electrons. The van der Waals surface area contributed by atoms with E-state index in [9.17, 15) is 0 Å². The largest absolute Gasteiger partial charge is 0.501 e. The molecule has 0 N–H and O–H groups in total. The molecule has 0 unspecified atom stereocenters. The van der Waals surface area contributed by atoms with Crippen molar-refractivity contribution in [2.24, 2.45) is 0 Å². The summed E-state index contributed by atoms with van der Waals surface area (Å²) < 4.78 is 9.20. The standard InChI is InChI=1S/C45H35N2O.C14H16NSi.Ir/c1-27(2)36-24-32(29-13-6-5-7-14-29)25-37(28(3)4)43(36)47-41-20-11-10-19-40(41)46-45(47)35-18-12-17-34-39-23-31-22-21-30-15-8-9-16-33(30)38(31)26-42(39)48-44(34)35;1-16(2,3)13-9-10-15-14(11-13)12-7-5-4-6-8-12;/h5-17,19-28H,1-4H3;4-7,9-11H,1-3H3;/q2*-1;. The molecule has 8 aromatic carbocycles. The van der Waals surface area contributed by atoms with Crippen LogP contribution in [0.5, 0.6) is 0 Å². The zero-order valence-corrected chi connectivity index (χ0v) is 41.3. The molecule has 0 spiro atoms. The summed E-state index contributed by atoms with van der Waals surface area (Å²) in [6.07, 6.45) is 1.91. The van der Waals surface area contributed by atoms with Gasteiger partial charge in [0.15, 0.2) is 0 Å². The number of aromatic nitrogens is 3. The van der Waals surface area contributed by atoms with Gasteiger partial charge in [0.25, 0.3) is 0 Å². The number of rotatable bonds is 7. The molecule has 0 bridgehead atoms. The third-order valence-electron chi connectivity index (χ3n) is 12.4. The van der Waals surface area contributed by atoms with Crippen LogP contribution >= 0.6 is 0 Å². The van der Waals surface area contributed by atoms with Gasteiger partial charge in [-0.2, -0.15) is 0 Å². The number of benzene rings is 8. The number of imidazole rings is 1. The topological polar surface area (TPSA) is 43.9 Å². The molecule has 6 heteroatoms. The Morgan fingerprint density at radius 1 is 0.585 bits per heavy atom. The van der Waals surface area contributed by atoms with Crippen LogP contribution < -0.4 is 5.19 Å². The number of hydrogen-bond donors (Lipinski definition) is 0. The van der Waals surface area contributed by atoms with Gasteiger partial charge in [-0.25, -0.2) is 0 Å². The maximum Gasteiger partial charge on any atom is 0.121 e. The minimum Gasteiger partial charge on any atom is -0.501 e. The van der Waals surface area contributed by atoms with Gasteiger partial charge in [0.2, 0.25) is 0 Å². The maximum absolute atomic E-state index is 6.83. The number of pyridine rings is 1. The second kappa shape index (κ2) is 17.9. The van der Waals surface area contributed by atoms with E-state index in [2.05, 4.69) is 209 Å². The summed E-state index contributed by atoms with van der Waals surface area (Å²) in [5, 5.41) is 8.46. The maximum atomic E-state index is 6.83. The SMILES string of the molecule is CC(C)c1cc(-c2ccccc2)cc(C(C)C)c1-n1c(-c2[c-]ccc3c2oc2cc4c(ccc5ccccc54)cc23)nc2ccccc21.C[Si](C)(C)c1ccnc(-c2[c-]cccc2)c1.[Ir]. The van der Waals surface area contributed by atoms with Gasteiger partial charge in [-0.05, 0) is 104 Å². The molecule has 65 heavy (non-hydrogen) atoms. The van der Waals surface area contributed by atoms with E-state index in [0.29, 0.717) is 0 Å². The molecule has 0 amide bonds. The fourth-order valence-corrected chi connectivity index (χ4v) is 10.2.